The predicted octanol–water partition coefficient (Wildman–Crippen LogP) is 33.3. The van der Waals surface area contributed by atoms with Crippen molar-refractivity contribution in [1.82, 2.24) is 19.9 Å². The standard InChI is InChI=1S/C43H25NOS.C37H21NOS.C36H22N2O/c1-2-10-26(11-3-1)36-25-37(29-14-8-13-28(24-29)31-17-9-18-34-32-16-6-7-19-39(32)46-43(31)34)44-41-33(36)22-23-38-40(41)35-21-20-27-12-4-5-15-30(27)42(35)45-38;1-2-8-22(9-3-1)30-21-31(24-15-16-27-26-12-6-7-13-32(26)39-33(27)20-24)38-36-28(30)18-19-34-35(36)29-17-14-23-10-4-5-11-25(23)37(29)40-34;1-2-9-26(10-3-1)35-28-19-20-33-34(29-18-17-23-8-4-5-11-27(23)36(29)39-33)30(28)22-32(38-35)25-15-13-24(14-16-25)31-12-6-7-21-37-31/h1-25H;1-21H;1-22H. The van der Waals surface area contributed by atoms with Gasteiger partial charge in [0.05, 0.1) is 44.9 Å². The van der Waals surface area contributed by atoms with Crippen LogP contribution in [0.15, 0.2) is 426 Å². The number of pyridine rings is 4. The van der Waals surface area contributed by atoms with Gasteiger partial charge in [0.2, 0.25) is 0 Å². The Balaban J connectivity index is 0.000000103. The van der Waals surface area contributed by atoms with Crippen LogP contribution >= 0.6 is 22.7 Å². The van der Waals surface area contributed by atoms with E-state index in [-0.39, 0.29) is 0 Å². The quantitative estimate of drug-likeness (QED) is 0.150. The van der Waals surface area contributed by atoms with Gasteiger partial charge in [0.25, 0.3) is 0 Å². The maximum atomic E-state index is 6.57. The minimum absolute atomic E-state index is 0.854. The number of nitrogens with zero attached hydrogens (tertiary/aromatic N) is 4. The van der Waals surface area contributed by atoms with Crippen LogP contribution < -0.4 is 0 Å². The van der Waals surface area contributed by atoms with Crippen LogP contribution in [0.2, 0.25) is 0 Å². The Morgan fingerprint density at radius 3 is 1.37 bits per heavy atom. The first kappa shape index (κ1) is 71.8. The lowest BCUT2D eigenvalue weighted by Gasteiger charge is -2.12. The molecule has 7 nitrogen and oxygen atoms in total. The highest BCUT2D eigenvalue weighted by Crippen LogP contribution is 2.49. The fourth-order valence-corrected chi connectivity index (χ4v) is 21.4. The Morgan fingerprint density at radius 1 is 0.200 bits per heavy atom. The van der Waals surface area contributed by atoms with Crippen LogP contribution in [0.5, 0.6) is 0 Å². The van der Waals surface area contributed by atoms with Crippen LogP contribution in [0.1, 0.15) is 0 Å². The molecule has 0 radical (unpaired) electrons. The molecule has 0 aliphatic heterocycles. The van der Waals surface area contributed by atoms with Crippen LogP contribution in [0.4, 0.5) is 0 Å². The molecule has 125 heavy (non-hydrogen) atoms. The van der Waals surface area contributed by atoms with Crippen LogP contribution in [-0.2, 0) is 0 Å². The highest BCUT2D eigenvalue weighted by atomic mass is 32.1. The van der Waals surface area contributed by atoms with Gasteiger partial charge in [-0.1, -0.05) is 303 Å². The summed E-state index contributed by atoms with van der Waals surface area (Å²) in [6.07, 6.45) is 1.82. The number of benzene rings is 18. The number of aromatic nitrogens is 4. The fraction of sp³-hybridized carbons (Fsp3) is 0. The van der Waals surface area contributed by atoms with Gasteiger partial charge in [-0.2, -0.15) is 0 Å². The zero-order chi connectivity index (χ0) is 82.2. The van der Waals surface area contributed by atoms with E-state index in [1.807, 2.05) is 65.3 Å². The van der Waals surface area contributed by atoms with Gasteiger partial charge < -0.3 is 13.3 Å². The van der Waals surface area contributed by atoms with Crippen molar-refractivity contribution < 1.29 is 13.3 Å². The van der Waals surface area contributed by atoms with Crippen molar-refractivity contribution in [3.8, 4) is 89.7 Å². The van der Waals surface area contributed by atoms with Crippen molar-refractivity contribution in [2.24, 2.45) is 0 Å². The van der Waals surface area contributed by atoms with Crippen molar-refractivity contribution >= 4 is 194 Å². The monoisotopic (exact) mass is 1630 g/mol. The summed E-state index contributed by atoms with van der Waals surface area (Å²) in [5, 5.41) is 23.5. The molecule has 27 rings (SSSR count). The molecule has 0 amide bonds. The Kier molecular flexibility index (Phi) is 16.9. The second-order valence-electron chi connectivity index (χ2n) is 32.0. The van der Waals surface area contributed by atoms with E-state index in [1.54, 1.807) is 0 Å². The second-order valence-corrected chi connectivity index (χ2v) is 34.1. The van der Waals surface area contributed by atoms with Gasteiger partial charge in [-0.15, -0.1) is 22.7 Å². The van der Waals surface area contributed by atoms with Gasteiger partial charge in [-0.25, -0.2) is 15.0 Å². The molecule has 0 bridgehead atoms. The lowest BCUT2D eigenvalue weighted by Crippen LogP contribution is -1.92. The summed E-state index contributed by atoms with van der Waals surface area (Å²) in [6, 6.07) is 143. The fourth-order valence-electron chi connectivity index (χ4n) is 18.9. The normalized spacial score (nSPS) is 11.8. The van der Waals surface area contributed by atoms with E-state index in [9.17, 15) is 0 Å². The molecule has 0 atom stereocenters. The second kappa shape index (κ2) is 29.4. The first-order chi connectivity index (χ1) is 61.9. The summed E-state index contributed by atoms with van der Waals surface area (Å²) in [6.45, 7) is 0. The van der Waals surface area contributed by atoms with E-state index >= 15 is 0 Å². The minimum Gasteiger partial charge on any atom is -0.456 e. The third-order valence-corrected chi connectivity index (χ3v) is 27.3. The van der Waals surface area contributed by atoms with E-state index in [0.29, 0.717) is 0 Å². The van der Waals surface area contributed by atoms with Gasteiger partial charge in [0.15, 0.2) is 0 Å². The first-order valence-corrected chi connectivity index (χ1v) is 43.7. The summed E-state index contributed by atoms with van der Waals surface area (Å²) >= 11 is 3.72. The molecular weight excluding hydrogens is 1560 g/mol. The molecule has 18 aromatic carbocycles. The van der Waals surface area contributed by atoms with Crippen molar-refractivity contribution in [1.29, 1.82) is 0 Å². The summed E-state index contributed by atoms with van der Waals surface area (Å²) in [5.74, 6) is 0. The smallest absolute Gasteiger partial charge is 0.143 e. The molecule has 0 aliphatic carbocycles. The van der Waals surface area contributed by atoms with Gasteiger partial charge in [-0.05, 0) is 163 Å². The Bertz CT molecular complexity index is 9050. The lowest BCUT2D eigenvalue weighted by atomic mass is 9.95. The molecule has 0 N–H and O–H groups in total. The van der Waals surface area contributed by atoms with Crippen LogP contribution in [0.3, 0.4) is 0 Å². The predicted molar refractivity (Wildman–Crippen MR) is 527 cm³/mol. The molecule has 0 fully saturated rings. The van der Waals surface area contributed by atoms with Crippen LogP contribution in [0, 0.1) is 0 Å². The highest BCUT2D eigenvalue weighted by Gasteiger charge is 2.24. The molecule has 9 heteroatoms. The molecule has 27 aromatic rings. The number of fused-ring (bicyclic) bond motifs is 27. The zero-order valence-electron chi connectivity index (χ0n) is 67.1. The number of thiophene rings is 2. The van der Waals surface area contributed by atoms with E-state index in [0.717, 1.165) is 166 Å². The SMILES string of the molecule is c1ccc(-c2cc(-c3ccc4c(c3)oc3ccccc34)nc3c2ccc2sc4c5ccccc5ccc4c23)cc1.c1ccc(-c2cc(-c3cccc(-c4cccc5c4sc4ccccc45)c3)nc3c2ccc2oc4c5ccccc5ccc4c23)cc1.c1ccc(-c2nc(-c3ccc(-c4ccccn4)cc3)cc3c2ccc2oc4c5ccccc5ccc4c23)cc1. The largest absolute Gasteiger partial charge is 0.456 e. The Hall–Kier alpha value is -16.0. The summed E-state index contributed by atoms with van der Waals surface area (Å²) < 4.78 is 24.5. The molecule has 0 aliphatic rings. The van der Waals surface area contributed by atoms with E-state index in [2.05, 4.69) is 375 Å². The van der Waals surface area contributed by atoms with Crippen molar-refractivity contribution in [2.75, 3.05) is 0 Å². The molecule has 9 heterocycles. The topological polar surface area (TPSA) is 91.0 Å². The molecule has 9 aromatic heterocycles. The zero-order valence-corrected chi connectivity index (χ0v) is 68.7. The van der Waals surface area contributed by atoms with Crippen LogP contribution in [-0.4, -0.2) is 19.9 Å². The third-order valence-electron chi connectivity index (χ3n) is 24.9. The van der Waals surface area contributed by atoms with Gasteiger partial charge >= 0.3 is 0 Å². The third kappa shape index (κ3) is 12.1. The van der Waals surface area contributed by atoms with Crippen LogP contribution in [0.25, 0.3) is 261 Å². The maximum Gasteiger partial charge on any atom is 0.143 e. The number of rotatable bonds is 8. The molecule has 0 spiro atoms. The van der Waals surface area contributed by atoms with Gasteiger partial charge in [0.1, 0.15) is 33.5 Å². The van der Waals surface area contributed by atoms with E-state index < -0.39 is 0 Å². The number of hydrogen-bond donors (Lipinski definition) is 0. The average molecular weight is 1630 g/mol. The number of furan rings is 3. The van der Waals surface area contributed by atoms with Crippen molar-refractivity contribution in [3.63, 3.8) is 0 Å². The molecule has 0 saturated heterocycles. The first-order valence-electron chi connectivity index (χ1n) is 42.1. The molecule has 582 valence electrons. The molecule has 0 saturated carbocycles. The van der Waals surface area contributed by atoms with Gasteiger partial charge in [0, 0.05) is 128 Å². The average Bonchev–Trinajstić information content (AvgIpc) is 1.51. The summed E-state index contributed by atoms with van der Waals surface area (Å²) in [7, 11) is 0. The minimum atomic E-state index is 0.854. The highest BCUT2D eigenvalue weighted by molar-refractivity contribution is 7.27. The van der Waals surface area contributed by atoms with Gasteiger partial charge in [-0.3, -0.25) is 4.98 Å². The van der Waals surface area contributed by atoms with E-state index in [1.165, 1.54) is 95.1 Å². The Morgan fingerprint density at radius 2 is 0.680 bits per heavy atom. The summed E-state index contributed by atoms with van der Waals surface area (Å²) in [5.41, 5.74) is 24.6. The van der Waals surface area contributed by atoms with E-state index in [4.69, 9.17) is 28.2 Å². The number of hydrogen-bond acceptors (Lipinski definition) is 9. The summed E-state index contributed by atoms with van der Waals surface area (Å²) in [4.78, 5) is 20.5. The Labute approximate surface area is 723 Å². The number of para-hydroxylation sites is 1. The maximum absolute atomic E-state index is 6.57. The van der Waals surface area contributed by atoms with Crippen molar-refractivity contribution in [3.05, 3.63) is 413 Å². The van der Waals surface area contributed by atoms with Crippen molar-refractivity contribution in [2.45, 2.75) is 0 Å². The molecule has 0 unspecified atom stereocenters. The lowest BCUT2D eigenvalue weighted by molar-refractivity contribution is 0.669. The molecular formula is C116H68N4O3S2.